The summed E-state index contributed by atoms with van der Waals surface area (Å²) < 4.78 is 0. The SMILES string of the molecule is CC(NC1CCN(C(C)C)CC1)c1c(O)cccc1O. The van der Waals surface area contributed by atoms with Gasteiger partial charge in [0.15, 0.2) is 0 Å². The molecule has 0 bridgehead atoms. The Morgan fingerprint density at radius 2 is 1.65 bits per heavy atom. The quantitative estimate of drug-likeness (QED) is 0.792. The highest BCUT2D eigenvalue weighted by Gasteiger charge is 2.23. The number of nitrogens with zero attached hydrogens (tertiary/aromatic N) is 1. The number of likely N-dealkylation sites (tertiary alicyclic amines) is 1. The van der Waals surface area contributed by atoms with E-state index in [2.05, 4.69) is 24.1 Å². The summed E-state index contributed by atoms with van der Waals surface area (Å²) >= 11 is 0. The first-order valence-corrected chi connectivity index (χ1v) is 7.50. The number of phenols is 2. The van der Waals surface area contributed by atoms with Gasteiger partial charge < -0.3 is 20.4 Å². The van der Waals surface area contributed by atoms with E-state index in [0.717, 1.165) is 25.9 Å². The van der Waals surface area contributed by atoms with E-state index in [9.17, 15) is 10.2 Å². The molecular formula is C16H26N2O2. The number of hydrogen-bond donors (Lipinski definition) is 3. The molecule has 1 fully saturated rings. The molecule has 1 aromatic carbocycles. The number of rotatable bonds is 4. The van der Waals surface area contributed by atoms with Crippen molar-refractivity contribution in [1.29, 1.82) is 0 Å². The van der Waals surface area contributed by atoms with Gasteiger partial charge in [-0.25, -0.2) is 0 Å². The molecule has 1 aliphatic heterocycles. The van der Waals surface area contributed by atoms with Gasteiger partial charge in [0.1, 0.15) is 11.5 Å². The van der Waals surface area contributed by atoms with E-state index < -0.39 is 0 Å². The number of hydrogen-bond acceptors (Lipinski definition) is 4. The van der Waals surface area contributed by atoms with Crippen molar-refractivity contribution in [3.8, 4) is 11.5 Å². The van der Waals surface area contributed by atoms with Crippen molar-refractivity contribution in [3.05, 3.63) is 23.8 Å². The summed E-state index contributed by atoms with van der Waals surface area (Å²) in [7, 11) is 0. The Balaban J connectivity index is 1.94. The fraction of sp³-hybridized carbons (Fsp3) is 0.625. The van der Waals surface area contributed by atoms with E-state index in [1.807, 2.05) is 6.92 Å². The molecule has 20 heavy (non-hydrogen) atoms. The Morgan fingerprint density at radius 3 is 2.15 bits per heavy atom. The summed E-state index contributed by atoms with van der Waals surface area (Å²) in [5.41, 5.74) is 0.596. The zero-order chi connectivity index (χ0) is 14.7. The average Bonchev–Trinajstić information content (AvgIpc) is 2.39. The minimum absolute atomic E-state index is 0.0493. The van der Waals surface area contributed by atoms with Crippen molar-refractivity contribution in [3.63, 3.8) is 0 Å². The first-order valence-electron chi connectivity index (χ1n) is 7.50. The number of aromatic hydroxyl groups is 2. The zero-order valence-electron chi connectivity index (χ0n) is 12.6. The van der Waals surface area contributed by atoms with Crippen LogP contribution in [0.15, 0.2) is 18.2 Å². The van der Waals surface area contributed by atoms with E-state index in [1.54, 1.807) is 18.2 Å². The third kappa shape index (κ3) is 3.44. The zero-order valence-corrected chi connectivity index (χ0v) is 12.6. The Morgan fingerprint density at radius 1 is 1.10 bits per heavy atom. The van der Waals surface area contributed by atoms with Crippen LogP contribution in [0.4, 0.5) is 0 Å². The predicted octanol–water partition coefficient (Wildman–Crippen LogP) is 2.62. The maximum absolute atomic E-state index is 9.90. The van der Waals surface area contributed by atoms with Crippen molar-refractivity contribution in [1.82, 2.24) is 10.2 Å². The van der Waals surface area contributed by atoms with Crippen LogP contribution in [0.2, 0.25) is 0 Å². The first kappa shape index (κ1) is 15.1. The Kier molecular flexibility index (Phi) is 4.89. The van der Waals surface area contributed by atoms with Gasteiger partial charge in [-0.15, -0.1) is 0 Å². The normalized spacial score (nSPS) is 19.4. The molecule has 3 N–H and O–H groups in total. The fourth-order valence-electron chi connectivity index (χ4n) is 3.00. The van der Waals surface area contributed by atoms with Crippen molar-refractivity contribution in [2.24, 2.45) is 0 Å². The van der Waals surface area contributed by atoms with Crippen LogP contribution in [0.25, 0.3) is 0 Å². The lowest BCUT2D eigenvalue weighted by Gasteiger charge is -2.36. The first-order chi connectivity index (χ1) is 9.49. The third-order valence-electron chi connectivity index (χ3n) is 4.24. The predicted molar refractivity (Wildman–Crippen MR) is 81.1 cm³/mol. The van der Waals surface area contributed by atoms with Gasteiger partial charge in [0.2, 0.25) is 0 Å². The lowest BCUT2D eigenvalue weighted by molar-refractivity contribution is 0.157. The van der Waals surface area contributed by atoms with Crippen LogP contribution in [0.3, 0.4) is 0 Å². The Labute approximate surface area is 121 Å². The van der Waals surface area contributed by atoms with Gasteiger partial charge in [0.25, 0.3) is 0 Å². The van der Waals surface area contributed by atoms with Crippen LogP contribution in [-0.2, 0) is 0 Å². The standard InChI is InChI=1S/C16H26N2O2/c1-11(2)18-9-7-13(8-10-18)17-12(3)16-14(19)5-4-6-15(16)20/h4-6,11-13,17,19-20H,7-10H2,1-3H3. The van der Waals surface area contributed by atoms with Crippen LogP contribution in [0.5, 0.6) is 11.5 Å². The summed E-state index contributed by atoms with van der Waals surface area (Å²) in [4.78, 5) is 2.49. The molecule has 112 valence electrons. The second kappa shape index (κ2) is 6.46. The molecule has 1 aliphatic rings. The van der Waals surface area contributed by atoms with Crippen molar-refractivity contribution in [2.75, 3.05) is 13.1 Å². The van der Waals surface area contributed by atoms with Gasteiger partial charge in [-0.05, 0) is 58.8 Å². The summed E-state index contributed by atoms with van der Waals surface area (Å²) in [6, 6.07) is 5.90. The summed E-state index contributed by atoms with van der Waals surface area (Å²) in [6.07, 6.45) is 2.22. The van der Waals surface area contributed by atoms with E-state index in [-0.39, 0.29) is 17.5 Å². The molecule has 2 rings (SSSR count). The molecule has 0 radical (unpaired) electrons. The lowest BCUT2D eigenvalue weighted by Crippen LogP contribution is -2.45. The largest absolute Gasteiger partial charge is 0.507 e. The van der Waals surface area contributed by atoms with Crippen LogP contribution in [0, 0.1) is 0 Å². The maximum Gasteiger partial charge on any atom is 0.124 e. The van der Waals surface area contributed by atoms with E-state index in [4.69, 9.17) is 0 Å². The molecule has 0 aromatic heterocycles. The van der Waals surface area contributed by atoms with Gasteiger partial charge in [0.05, 0.1) is 5.56 Å². The molecule has 1 unspecified atom stereocenters. The average molecular weight is 278 g/mol. The summed E-state index contributed by atoms with van der Waals surface area (Å²) in [6.45, 7) is 8.67. The molecule has 4 heteroatoms. The maximum atomic E-state index is 9.90. The van der Waals surface area contributed by atoms with E-state index in [0.29, 0.717) is 17.6 Å². The van der Waals surface area contributed by atoms with Crippen LogP contribution in [-0.4, -0.2) is 40.3 Å². The molecular weight excluding hydrogens is 252 g/mol. The molecule has 1 saturated heterocycles. The lowest BCUT2D eigenvalue weighted by atomic mass is 10.00. The molecule has 0 amide bonds. The van der Waals surface area contributed by atoms with Gasteiger partial charge in [0, 0.05) is 18.1 Å². The highest BCUT2D eigenvalue weighted by molar-refractivity contribution is 5.44. The number of benzene rings is 1. The number of piperidine rings is 1. The molecule has 1 atom stereocenters. The number of phenolic OH excluding ortho intramolecular Hbond substituents is 2. The minimum atomic E-state index is -0.0493. The monoisotopic (exact) mass is 278 g/mol. The fourth-order valence-corrected chi connectivity index (χ4v) is 3.00. The van der Waals surface area contributed by atoms with Crippen molar-refractivity contribution < 1.29 is 10.2 Å². The van der Waals surface area contributed by atoms with Crippen LogP contribution < -0.4 is 5.32 Å². The van der Waals surface area contributed by atoms with Gasteiger partial charge in [-0.3, -0.25) is 0 Å². The number of nitrogens with one attached hydrogen (secondary N) is 1. The van der Waals surface area contributed by atoms with Gasteiger partial charge in [-0.1, -0.05) is 6.07 Å². The highest BCUT2D eigenvalue weighted by Crippen LogP contribution is 2.32. The molecule has 1 aromatic rings. The summed E-state index contributed by atoms with van der Waals surface area (Å²) in [5, 5.41) is 23.3. The molecule has 4 nitrogen and oxygen atoms in total. The Hall–Kier alpha value is -1.26. The summed E-state index contributed by atoms with van der Waals surface area (Å²) in [5.74, 6) is 0.314. The minimum Gasteiger partial charge on any atom is -0.507 e. The van der Waals surface area contributed by atoms with E-state index >= 15 is 0 Å². The topological polar surface area (TPSA) is 55.7 Å². The van der Waals surface area contributed by atoms with E-state index in [1.165, 1.54) is 0 Å². The second-order valence-electron chi connectivity index (χ2n) is 6.00. The van der Waals surface area contributed by atoms with Crippen LogP contribution >= 0.6 is 0 Å². The second-order valence-corrected chi connectivity index (χ2v) is 6.00. The van der Waals surface area contributed by atoms with Crippen LogP contribution in [0.1, 0.15) is 45.2 Å². The smallest absolute Gasteiger partial charge is 0.124 e. The molecule has 0 aliphatic carbocycles. The molecule has 0 spiro atoms. The van der Waals surface area contributed by atoms with Crippen molar-refractivity contribution in [2.45, 2.75) is 51.7 Å². The molecule has 1 heterocycles. The van der Waals surface area contributed by atoms with Gasteiger partial charge >= 0.3 is 0 Å². The van der Waals surface area contributed by atoms with Crippen molar-refractivity contribution >= 4 is 0 Å². The third-order valence-corrected chi connectivity index (χ3v) is 4.24. The highest BCUT2D eigenvalue weighted by atomic mass is 16.3. The molecule has 0 saturated carbocycles. The van der Waals surface area contributed by atoms with Gasteiger partial charge in [-0.2, -0.15) is 0 Å². The Bertz CT molecular complexity index is 420.